The third kappa shape index (κ3) is 4.16. The lowest BCUT2D eigenvalue weighted by Gasteiger charge is -2.06. The number of para-hydroxylation sites is 1. The number of aromatic amines is 1. The smallest absolute Gasteiger partial charge is 0.277 e. The van der Waals surface area contributed by atoms with Gasteiger partial charge in [0.15, 0.2) is 0 Å². The molecule has 0 fully saturated rings. The first-order valence-electron chi connectivity index (χ1n) is 8.33. The maximum absolute atomic E-state index is 12.1. The van der Waals surface area contributed by atoms with Crippen LogP contribution in [0.15, 0.2) is 58.3 Å². The molecule has 0 aliphatic rings. The van der Waals surface area contributed by atoms with E-state index < -0.39 is 0 Å². The van der Waals surface area contributed by atoms with Gasteiger partial charge >= 0.3 is 0 Å². The van der Waals surface area contributed by atoms with Crippen molar-refractivity contribution in [3.05, 3.63) is 64.3 Å². The van der Waals surface area contributed by atoms with E-state index in [4.69, 9.17) is 27.6 Å². The molecule has 2 aromatic heterocycles. The molecule has 0 unspecified atom stereocenters. The Morgan fingerprint density at radius 1 is 1.18 bits per heavy atom. The zero-order valence-electron chi connectivity index (χ0n) is 14.4. The molecule has 0 saturated carbocycles. The number of hydrogen-bond donors (Lipinski definition) is 2. The van der Waals surface area contributed by atoms with Crippen LogP contribution in [0.2, 0.25) is 10.0 Å². The van der Waals surface area contributed by atoms with Gasteiger partial charge in [0.2, 0.25) is 5.91 Å². The van der Waals surface area contributed by atoms with Crippen LogP contribution in [0.4, 0.5) is 0 Å². The molecule has 6 nitrogen and oxygen atoms in total. The minimum atomic E-state index is -0.164. The fourth-order valence-corrected chi connectivity index (χ4v) is 3.73. The minimum Gasteiger partial charge on any atom is -0.411 e. The van der Waals surface area contributed by atoms with E-state index >= 15 is 0 Å². The number of amides is 1. The molecule has 0 aliphatic carbocycles. The topological polar surface area (TPSA) is 83.8 Å². The third-order valence-corrected chi connectivity index (χ3v) is 5.45. The number of fused-ring (bicyclic) bond motifs is 1. The number of aromatic nitrogens is 3. The molecule has 0 radical (unpaired) electrons. The van der Waals surface area contributed by atoms with Crippen molar-refractivity contribution in [1.29, 1.82) is 0 Å². The molecule has 2 heterocycles. The second-order valence-electron chi connectivity index (χ2n) is 5.92. The second-order valence-corrected chi connectivity index (χ2v) is 7.69. The van der Waals surface area contributed by atoms with Gasteiger partial charge in [-0.15, -0.1) is 10.2 Å². The Morgan fingerprint density at radius 2 is 2.04 bits per heavy atom. The predicted octanol–water partition coefficient (Wildman–Crippen LogP) is 4.93. The monoisotopic (exact) mass is 432 g/mol. The highest BCUT2D eigenvalue weighted by Gasteiger charge is 2.14. The number of halogens is 2. The second kappa shape index (κ2) is 8.26. The maximum atomic E-state index is 12.1. The largest absolute Gasteiger partial charge is 0.411 e. The van der Waals surface area contributed by atoms with Crippen molar-refractivity contribution in [2.45, 2.75) is 11.8 Å². The summed E-state index contributed by atoms with van der Waals surface area (Å²) in [5.74, 6) is 0.400. The first-order chi connectivity index (χ1) is 13.6. The average Bonchev–Trinajstić information content (AvgIpc) is 3.32. The summed E-state index contributed by atoms with van der Waals surface area (Å²) >= 11 is 13.1. The molecule has 0 aliphatic heterocycles. The predicted molar refractivity (Wildman–Crippen MR) is 111 cm³/mol. The Morgan fingerprint density at radius 3 is 2.89 bits per heavy atom. The molecule has 1 amide bonds. The lowest BCUT2D eigenvalue weighted by Crippen LogP contribution is -2.24. The first kappa shape index (κ1) is 18.9. The van der Waals surface area contributed by atoms with Crippen LogP contribution in [-0.4, -0.2) is 26.8 Å². The van der Waals surface area contributed by atoms with Gasteiger partial charge in [-0.3, -0.25) is 4.79 Å². The molecule has 0 saturated heterocycles. The molecule has 0 spiro atoms. The fourth-order valence-electron chi connectivity index (χ4n) is 2.66. The Hall–Kier alpha value is -2.48. The molecule has 2 N–H and O–H groups in total. The fraction of sp³-hybridized carbons (Fsp3) is 0.105. The number of carbonyl (C=O) groups excluding carboxylic acids is 1. The van der Waals surface area contributed by atoms with Crippen molar-refractivity contribution in [3.8, 4) is 11.5 Å². The number of H-pyrrole nitrogens is 1. The quantitative estimate of drug-likeness (QED) is 0.421. The van der Waals surface area contributed by atoms with Crippen LogP contribution < -0.4 is 5.32 Å². The summed E-state index contributed by atoms with van der Waals surface area (Å²) in [6, 6.07) is 13.0. The van der Waals surface area contributed by atoms with Crippen LogP contribution in [0.5, 0.6) is 0 Å². The van der Waals surface area contributed by atoms with Crippen molar-refractivity contribution in [1.82, 2.24) is 20.5 Å². The molecule has 4 aromatic rings. The summed E-state index contributed by atoms with van der Waals surface area (Å²) in [5.41, 5.74) is 2.62. The summed E-state index contributed by atoms with van der Waals surface area (Å²) < 4.78 is 5.69. The minimum absolute atomic E-state index is 0.153. The summed E-state index contributed by atoms with van der Waals surface area (Å²) in [5, 5.41) is 13.3. The van der Waals surface area contributed by atoms with Crippen LogP contribution in [0.3, 0.4) is 0 Å². The number of nitrogens with one attached hydrogen (secondary N) is 2. The molecular weight excluding hydrogens is 419 g/mol. The Labute approximate surface area is 174 Å². The van der Waals surface area contributed by atoms with E-state index in [2.05, 4.69) is 20.5 Å². The SMILES string of the molecule is O=C(CSc1nnc(-c2c[nH]c3ccccc23)o1)NCc1ccc(Cl)cc1Cl. The molecule has 28 heavy (non-hydrogen) atoms. The van der Waals surface area contributed by atoms with Crippen LogP contribution >= 0.6 is 35.0 Å². The number of rotatable bonds is 6. The molecule has 4 rings (SSSR count). The molecular formula is C19H14Cl2N4O2S. The first-order valence-corrected chi connectivity index (χ1v) is 10.1. The van der Waals surface area contributed by atoms with Gasteiger partial charge in [-0.25, -0.2) is 0 Å². The van der Waals surface area contributed by atoms with Crippen LogP contribution in [0.25, 0.3) is 22.4 Å². The molecule has 9 heteroatoms. The van der Waals surface area contributed by atoms with Gasteiger partial charge in [-0.05, 0) is 23.8 Å². The van der Waals surface area contributed by atoms with Gasteiger partial charge < -0.3 is 14.7 Å². The van der Waals surface area contributed by atoms with Crippen molar-refractivity contribution >= 4 is 51.8 Å². The van der Waals surface area contributed by atoms with E-state index in [1.54, 1.807) is 18.2 Å². The van der Waals surface area contributed by atoms with Gasteiger partial charge in [0, 0.05) is 33.7 Å². The van der Waals surface area contributed by atoms with Crippen molar-refractivity contribution in [2.75, 3.05) is 5.75 Å². The van der Waals surface area contributed by atoms with Crippen molar-refractivity contribution in [2.24, 2.45) is 0 Å². The molecule has 0 bridgehead atoms. The van der Waals surface area contributed by atoms with Gasteiger partial charge in [0.25, 0.3) is 11.1 Å². The number of thioether (sulfide) groups is 1. The molecule has 0 atom stereocenters. The summed E-state index contributed by atoms with van der Waals surface area (Å²) in [6.07, 6.45) is 1.83. The Balaban J connectivity index is 1.35. The zero-order chi connectivity index (χ0) is 19.5. The zero-order valence-corrected chi connectivity index (χ0v) is 16.7. The van der Waals surface area contributed by atoms with Gasteiger partial charge in [-0.2, -0.15) is 0 Å². The van der Waals surface area contributed by atoms with E-state index in [1.165, 1.54) is 11.8 Å². The lowest BCUT2D eigenvalue weighted by atomic mass is 10.2. The summed E-state index contributed by atoms with van der Waals surface area (Å²) in [6.45, 7) is 0.319. The molecule has 142 valence electrons. The van der Waals surface area contributed by atoms with Crippen LogP contribution in [0, 0.1) is 0 Å². The van der Waals surface area contributed by atoms with Crippen molar-refractivity contribution in [3.63, 3.8) is 0 Å². The maximum Gasteiger partial charge on any atom is 0.277 e. The number of hydrogen-bond acceptors (Lipinski definition) is 5. The average molecular weight is 433 g/mol. The molecule has 2 aromatic carbocycles. The van der Waals surface area contributed by atoms with E-state index in [1.807, 2.05) is 30.5 Å². The van der Waals surface area contributed by atoms with Crippen LogP contribution in [-0.2, 0) is 11.3 Å². The van der Waals surface area contributed by atoms with E-state index in [9.17, 15) is 4.79 Å². The number of carbonyl (C=O) groups is 1. The van der Waals surface area contributed by atoms with Gasteiger partial charge in [0.1, 0.15) is 0 Å². The van der Waals surface area contributed by atoms with E-state index in [-0.39, 0.29) is 11.7 Å². The highest BCUT2D eigenvalue weighted by atomic mass is 35.5. The summed E-state index contributed by atoms with van der Waals surface area (Å²) in [7, 11) is 0. The van der Waals surface area contributed by atoms with Gasteiger partial charge in [0.05, 0.1) is 11.3 Å². The highest BCUT2D eigenvalue weighted by Crippen LogP contribution is 2.29. The van der Waals surface area contributed by atoms with Crippen molar-refractivity contribution < 1.29 is 9.21 Å². The highest BCUT2D eigenvalue weighted by molar-refractivity contribution is 7.99. The third-order valence-electron chi connectivity index (χ3n) is 4.04. The van der Waals surface area contributed by atoms with Crippen LogP contribution in [0.1, 0.15) is 5.56 Å². The van der Waals surface area contributed by atoms with E-state index in [0.717, 1.165) is 22.0 Å². The number of nitrogens with zero attached hydrogens (tertiary/aromatic N) is 2. The normalized spacial score (nSPS) is 11.1. The Kier molecular flexibility index (Phi) is 5.57. The summed E-state index contributed by atoms with van der Waals surface area (Å²) in [4.78, 5) is 15.3. The van der Waals surface area contributed by atoms with E-state index in [0.29, 0.717) is 27.7 Å². The van der Waals surface area contributed by atoms with Gasteiger partial charge in [-0.1, -0.05) is 59.2 Å². The standard InChI is InChI=1S/C19H14Cl2N4O2S/c20-12-6-5-11(15(21)7-12)8-23-17(26)10-28-19-25-24-18(27-19)14-9-22-16-4-2-1-3-13(14)16/h1-7,9,22H,8,10H2,(H,23,26). The Bertz CT molecular complexity index is 1140. The number of benzene rings is 2. The lowest BCUT2D eigenvalue weighted by molar-refractivity contribution is -0.118.